The van der Waals surface area contributed by atoms with Crippen molar-refractivity contribution in [2.24, 2.45) is 5.41 Å². The molecular weight excluding hydrogens is 521 g/mol. The molecule has 0 radical (unpaired) electrons. The van der Waals surface area contributed by atoms with Crippen molar-refractivity contribution >= 4 is 5.91 Å². The Hall–Kier alpha value is -2.62. The number of para-hydroxylation sites is 1. The predicted octanol–water partition coefficient (Wildman–Crippen LogP) is 5.67. The number of methoxy groups -OCH3 is 2. The minimum absolute atomic E-state index is 0.106. The van der Waals surface area contributed by atoms with Crippen molar-refractivity contribution in [2.45, 2.75) is 62.8 Å². The van der Waals surface area contributed by atoms with Gasteiger partial charge in [-0.2, -0.15) is 13.2 Å². The van der Waals surface area contributed by atoms with E-state index in [-0.39, 0.29) is 35.6 Å². The monoisotopic (exact) mass is 562 g/mol. The van der Waals surface area contributed by atoms with Crippen LogP contribution in [-0.4, -0.2) is 69.6 Å². The Bertz CT molecular complexity index is 1130. The molecule has 1 unspecified atom stereocenters. The first-order valence-corrected chi connectivity index (χ1v) is 13.9. The largest absolute Gasteiger partial charge is 0.493 e. The number of nitrogens with zero attached hydrogens (tertiary/aromatic N) is 1. The number of halogens is 3. The second-order valence-electron chi connectivity index (χ2n) is 11.5. The minimum atomic E-state index is -4.92. The molecule has 0 saturated carbocycles. The van der Waals surface area contributed by atoms with E-state index in [0.717, 1.165) is 44.4 Å². The third-order valence-corrected chi connectivity index (χ3v) is 8.93. The van der Waals surface area contributed by atoms with Crippen LogP contribution < -0.4 is 10.1 Å². The zero-order chi connectivity index (χ0) is 29.0. The van der Waals surface area contributed by atoms with Crippen molar-refractivity contribution < 1.29 is 32.2 Å². The van der Waals surface area contributed by atoms with E-state index >= 15 is 0 Å². The van der Waals surface area contributed by atoms with E-state index < -0.39 is 17.7 Å². The van der Waals surface area contributed by atoms with Crippen LogP contribution in [0.4, 0.5) is 13.2 Å². The van der Waals surface area contributed by atoms with Crippen molar-refractivity contribution in [3.8, 4) is 5.75 Å². The molecule has 2 aromatic carbocycles. The highest BCUT2D eigenvalue weighted by atomic mass is 19.4. The molecule has 1 amide bonds. The van der Waals surface area contributed by atoms with Crippen LogP contribution >= 0.6 is 0 Å². The lowest BCUT2D eigenvalue weighted by molar-refractivity contribution is -0.271. The van der Waals surface area contributed by atoms with Crippen LogP contribution in [0.25, 0.3) is 0 Å². The predicted molar refractivity (Wildman–Crippen MR) is 147 cm³/mol. The van der Waals surface area contributed by atoms with Crippen molar-refractivity contribution in [3.05, 3.63) is 65.7 Å². The number of ether oxygens (including phenoxy) is 3. The average Bonchev–Trinajstić information content (AvgIpc) is 2.94. The fourth-order valence-corrected chi connectivity index (χ4v) is 6.20. The Balaban J connectivity index is 1.55. The first-order chi connectivity index (χ1) is 19.0. The number of carbonyl (C=O) groups is 1. The second-order valence-corrected chi connectivity index (χ2v) is 11.5. The van der Waals surface area contributed by atoms with E-state index in [1.54, 1.807) is 13.2 Å². The number of benzene rings is 2. The molecule has 4 rings (SSSR count). The van der Waals surface area contributed by atoms with Gasteiger partial charge in [-0.15, -0.1) is 0 Å². The molecule has 2 heterocycles. The minimum Gasteiger partial charge on any atom is -0.493 e. The summed E-state index contributed by atoms with van der Waals surface area (Å²) >= 11 is 0. The highest BCUT2D eigenvalue weighted by Gasteiger charge is 2.64. The fourth-order valence-electron chi connectivity index (χ4n) is 6.20. The van der Waals surface area contributed by atoms with Gasteiger partial charge in [0.25, 0.3) is 11.5 Å². The van der Waals surface area contributed by atoms with Gasteiger partial charge in [0.1, 0.15) is 5.75 Å². The molecule has 9 heteroatoms. The molecule has 40 heavy (non-hydrogen) atoms. The van der Waals surface area contributed by atoms with Crippen molar-refractivity contribution in [1.82, 2.24) is 10.2 Å². The van der Waals surface area contributed by atoms with E-state index in [9.17, 15) is 18.0 Å². The molecule has 2 aliphatic heterocycles. The zero-order valence-corrected chi connectivity index (χ0v) is 23.9. The number of hydrogen-bond acceptors (Lipinski definition) is 5. The number of alkyl halides is 3. The Morgan fingerprint density at radius 1 is 0.975 bits per heavy atom. The van der Waals surface area contributed by atoms with E-state index in [1.165, 1.54) is 29.2 Å². The third-order valence-electron chi connectivity index (χ3n) is 8.93. The summed E-state index contributed by atoms with van der Waals surface area (Å²) in [5.74, 6) is -0.131. The fraction of sp³-hybridized carbons (Fsp3) is 0.581. The summed E-state index contributed by atoms with van der Waals surface area (Å²) in [5, 5.41) is 3.51. The van der Waals surface area contributed by atoms with Gasteiger partial charge in [-0.3, -0.25) is 4.79 Å². The summed E-state index contributed by atoms with van der Waals surface area (Å²) < 4.78 is 60.5. The van der Waals surface area contributed by atoms with E-state index in [1.807, 2.05) is 32.0 Å². The molecule has 2 atom stereocenters. The molecule has 0 aromatic heterocycles. The summed E-state index contributed by atoms with van der Waals surface area (Å²) in [6, 6.07) is 15.2. The van der Waals surface area contributed by atoms with E-state index in [0.29, 0.717) is 19.4 Å². The van der Waals surface area contributed by atoms with E-state index in [2.05, 4.69) is 11.4 Å². The molecule has 1 N–H and O–H groups in total. The standard InChI is InChI=1S/C31H41F3N2O4/c1-28(2,38-3)17-21-40-26-13-9-8-12-24(26)25-22-35-18-14-29(25)15-19-36(20-16-29)27(37)30(39-4,31(32,33)34)23-10-6-5-7-11-23/h5-13,25,35H,14-22H2,1-4H3/t25?,30-/m1/s1. The number of nitrogens with one attached hydrogen (secondary N) is 1. The lowest BCUT2D eigenvalue weighted by Crippen LogP contribution is -2.59. The molecule has 2 aromatic rings. The summed E-state index contributed by atoms with van der Waals surface area (Å²) in [6.45, 7) is 6.57. The van der Waals surface area contributed by atoms with Gasteiger partial charge in [-0.05, 0) is 56.7 Å². The smallest absolute Gasteiger partial charge is 0.430 e. The number of likely N-dealkylation sites (tertiary alicyclic amines) is 1. The summed E-state index contributed by atoms with van der Waals surface area (Å²) in [5.41, 5.74) is -2.61. The van der Waals surface area contributed by atoms with Gasteiger partial charge < -0.3 is 24.4 Å². The van der Waals surface area contributed by atoms with Crippen molar-refractivity contribution in [2.75, 3.05) is 47.0 Å². The lowest BCUT2D eigenvalue weighted by atomic mass is 9.62. The first-order valence-electron chi connectivity index (χ1n) is 13.9. The van der Waals surface area contributed by atoms with Crippen molar-refractivity contribution in [3.63, 3.8) is 0 Å². The number of piperidine rings is 2. The van der Waals surface area contributed by atoms with Crippen LogP contribution in [0, 0.1) is 5.41 Å². The number of rotatable bonds is 9. The normalized spacial score (nSPS) is 21.2. The highest BCUT2D eigenvalue weighted by Crippen LogP contribution is 2.51. The highest BCUT2D eigenvalue weighted by molar-refractivity contribution is 5.88. The molecule has 0 aliphatic carbocycles. The van der Waals surface area contributed by atoms with Gasteiger partial charge in [0.05, 0.1) is 12.2 Å². The molecule has 6 nitrogen and oxygen atoms in total. The van der Waals surface area contributed by atoms with Gasteiger partial charge in [-0.25, -0.2) is 0 Å². The SMILES string of the molecule is COC(C)(C)CCOc1ccccc1C1CNCCC12CCN(C(=O)[C@](OC)(c1ccccc1)C(F)(F)F)CC2. The van der Waals surface area contributed by atoms with Gasteiger partial charge >= 0.3 is 6.18 Å². The topological polar surface area (TPSA) is 60.0 Å². The molecule has 1 spiro atoms. The number of amides is 1. The summed E-state index contributed by atoms with van der Waals surface area (Å²) in [7, 11) is 2.64. The number of hydrogen-bond donors (Lipinski definition) is 1. The molecule has 220 valence electrons. The molecule has 0 bridgehead atoms. The van der Waals surface area contributed by atoms with Crippen LogP contribution in [0.15, 0.2) is 54.6 Å². The van der Waals surface area contributed by atoms with Crippen LogP contribution in [0.5, 0.6) is 5.75 Å². The second kappa shape index (κ2) is 12.1. The number of carbonyl (C=O) groups excluding carboxylic acids is 1. The zero-order valence-electron chi connectivity index (χ0n) is 23.9. The molecule has 2 fully saturated rings. The Morgan fingerprint density at radius 3 is 2.25 bits per heavy atom. The summed E-state index contributed by atoms with van der Waals surface area (Å²) in [4.78, 5) is 15.0. The van der Waals surface area contributed by atoms with Gasteiger partial charge in [0.15, 0.2) is 0 Å². The quantitative estimate of drug-likeness (QED) is 0.427. The first kappa shape index (κ1) is 30.3. The third kappa shape index (κ3) is 5.87. The maximum absolute atomic E-state index is 14.5. The van der Waals surface area contributed by atoms with Crippen LogP contribution in [-0.2, 0) is 19.9 Å². The van der Waals surface area contributed by atoms with Crippen molar-refractivity contribution in [1.29, 1.82) is 0 Å². The Labute approximate surface area is 235 Å². The lowest BCUT2D eigenvalue weighted by Gasteiger charge is -2.51. The Kier molecular flexibility index (Phi) is 9.17. The average molecular weight is 563 g/mol. The molecule has 2 aliphatic rings. The maximum Gasteiger partial charge on any atom is 0.430 e. The van der Waals surface area contributed by atoms with Crippen LogP contribution in [0.3, 0.4) is 0 Å². The van der Waals surface area contributed by atoms with Crippen LogP contribution in [0.1, 0.15) is 56.6 Å². The summed E-state index contributed by atoms with van der Waals surface area (Å²) in [6.07, 6.45) is -2.12. The molecular formula is C31H41F3N2O4. The maximum atomic E-state index is 14.5. The van der Waals surface area contributed by atoms with Gasteiger partial charge in [0, 0.05) is 51.8 Å². The van der Waals surface area contributed by atoms with Crippen LogP contribution in [0.2, 0.25) is 0 Å². The Morgan fingerprint density at radius 2 is 1.62 bits per heavy atom. The molecule has 2 saturated heterocycles. The van der Waals surface area contributed by atoms with E-state index in [4.69, 9.17) is 14.2 Å². The van der Waals surface area contributed by atoms with Gasteiger partial charge in [-0.1, -0.05) is 48.5 Å². The van der Waals surface area contributed by atoms with Gasteiger partial charge in [0.2, 0.25) is 0 Å².